The average molecular weight is 402 g/mol. The highest BCUT2D eigenvalue weighted by Crippen LogP contribution is 2.21. The number of hydrogen-bond acceptors (Lipinski definition) is 5. The Morgan fingerprint density at radius 1 is 1.28 bits per heavy atom. The number of allylic oxidation sites excluding steroid dienone is 1. The number of carbonyl (C=O) groups excluding carboxylic acids is 3. The molecular formula is C22H30N2O5. The molecule has 3 rings (SSSR count). The summed E-state index contributed by atoms with van der Waals surface area (Å²) in [6.07, 6.45) is 9.53. The van der Waals surface area contributed by atoms with Crippen LogP contribution < -0.4 is 5.32 Å². The number of nitrogens with zero attached hydrogens (tertiary/aromatic N) is 1. The van der Waals surface area contributed by atoms with Gasteiger partial charge in [-0.25, -0.2) is 0 Å². The summed E-state index contributed by atoms with van der Waals surface area (Å²) in [5, 5.41) is 2.86. The predicted octanol–water partition coefficient (Wildman–Crippen LogP) is 3.07. The van der Waals surface area contributed by atoms with Crippen LogP contribution in [-0.4, -0.2) is 48.4 Å². The van der Waals surface area contributed by atoms with Gasteiger partial charge in [0.1, 0.15) is 0 Å². The van der Waals surface area contributed by atoms with Gasteiger partial charge < -0.3 is 19.4 Å². The summed E-state index contributed by atoms with van der Waals surface area (Å²) < 4.78 is 10.5. The normalized spacial score (nSPS) is 18.7. The molecule has 0 bridgehead atoms. The van der Waals surface area contributed by atoms with Crippen molar-refractivity contribution in [3.8, 4) is 0 Å². The van der Waals surface area contributed by atoms with Crippen LogP contribution in [0.1, 0.15) is 62.4 Å². The molecule has 1 aromatic rings. The van der Waals surface area contributed by atoms with Crippen molar-refractivity contribution in [1.29, 1.82) is 0 Å². The Hall–Kier alpha value is -2.57. The average Bonchev–Trinajstić information content (AvgIpc) is 3.29. The van der Waals surface area contributed by atoms with Crippen molar-refractivity contribution in [1.82, 2.24) is 10.2 Å². The second-order valence-corrected chi connectivity index (χ2v) is 7.77. The zero-order valence-electron chi connectivity index (χ0n) is 17.0. The lowest BCUT2D eigenvalue weighted by atomic mass is 9.96. The first-order chi connectivity index (χ1) is 14.0. The van der Waals surface area contributed by atoms with Crippen LogP contribution in [0.4, 0.5) is 0 Å². The number of furan rings is 1. The molecule has 2 amide bonds. The third-order valence-electron chi connectivity index (χ3n) is 5.64. The Morgan fingerprint density at radius 2 is 2.07 bits per heavy atom. The topological polar surface area (TPSA) is 88.8 Å². The summed E-state index contributed by atoms with van der Waals surface area (Å²) in [4.78, 5) is 38.6. The van der Waals surface area contributed by atoms with Gasteiger partial charge in [0, 0.05) is 19.6 Å². The van der Waals surface area contributed by atoms with Gasteiger partial charge in [-0.1, -0.05) is 11.6 Å². The van der Waals surface area contributed by atoms with Crippen LogP contribution in [0, 0.1) is 5.92 Å². The second kappa shape index (κ2) is 10.3. The number of carbonyl (C=O) groups is 3. The first kappa shape index (κ1) is 21.1. The molecule has 0 radical (unpaired) electrons. The van der Waals surface area contributed by atoms with E-state index < -0.39 is 6.10 Å². The number of nitrogens with one attached hydrogen (secondary N) is 1. The Morgan fingerprint density at radius 3 is 2.72 bits per heavy atom. The molecule has 1 saturated heterocycles. The zero-order valence-corrected chi connectivity index (χ0v) is 17.0. The maximum atomic E-state index is 12.4. The number of likely N-dealkylation sites (tertiary alicyclic amines) is 1. The fraction of sp³-hybridized carbons (Fsp3) is 0.591. The van der Waals surface area contributed by atoms with E-state index in [1.165, 1.54) is 24.7 Å². The SMILES string of the molecule is C[C@@H](OC(=O)C1CCN(C(=O)c2ccco2)CC1)C(=O)NCCC1=CCCCC1. The lowest BCUT2D eigenvalue weighted by molar-refractivity contribution is -0.160. The van der Waals surface area contributed by atoms with Crippen LogP contribution in [0.5, 0.6) is 0 Å². The van der Waals surface area contributed by atoms with Crippen molar-refractivity contribution in [2.45, 2.75) is 58.0 Å². The van der Waals surface area contributed by atoms with Crippen molar-refractivity contribution < 1.29 is 23.5 Å². The molecule has 1 aliphatic carbocycles. The maximum Gasteiger partial charge on any atom is 0.309 e. The molecule has 2 heterocycles. The summed E-state index contributed by atoms with van der Waals surface area (Å²) in [5.74, 6) is -0.783. The van der Waals surface area contributed by atoms with Crippen molar-refractivity contribution in [2.75, 3.05) is 19.6 Å². The van der Waals surface area contributed by atoms with Crippen molar-refractivity contribution in [3.63, 3.8) is 0 Å². The molecule has 1 atom stereocenters. The molecule has 0 unspecified atom stereocenters. The number of hydrogen-bond donors (Lipinski definition) is 1. The Labute approximate surface area is 171 Å². The standard InChI is InChI=1S/C22H30N2O5/c1-16(20(25)23-12-9-17-6-3-2-4-7-17)29-22(27)18-10-13-24(14-11-18)21(26)19-8-5-15-28-19/h5-6,8,15-16,18H,2-4,7,9-14H2,1H3,(H,23,25)/t16-/m1/s1. The molecule has 1 aliphatic heterocycles. The number of rotatable bonds is 7. The van der Waals surface area contributed by atoms with Gasteiger partial charge in [0.25, 0.3) is 11.8 Å². The van der Waals surface area contributed by atoms with E-state index >= 15 is 0 Å². The molecule has 1 fully saturated rings. The first-order valence-electron chi connectivity index (χ1n) is 10.5. The highest BCUT2D eigenvalue weighted by molar-refractivity contribution is 5.91. The van der Waals surface area contributed by atoms with Crippen molar-refractivity contribution >= 4 is 17.8 Å². The number of ether oxygens (including phenoxy) is 1. The van der Waals surface area contributed by atoms with Gasteiger partial charge in [0.05, 0.1) is 12.2 Å². The van der Waals surface area contributed by atoms with E-state index in [1.807, 2.05) is 0 Å². The van der Waals surface area contributed by atoms with E-state index in [4.69, 9.17) is 9.15 Å². The quantitative estimate of drug-likeness (QED) is 0.559. The van der Waals surface area contributed by atoms with E-state index in [0.29, 0.717) is 38.2 Å². The van der Waals surface area contributed by atoms with Gasteiger partial charge in [-0.05, 0) is 64.0 Å². The van der Waals surface area contributed by atoms with E-state index in [1.54, 1.807) is 24.0 Å². The number of esters is 1. The molecule has 158 valence electrons. The first-order valence-corrected chi connectivity index (χ1v) is 10.5. The largest absolute Gasteiger partial charge is 0.459 e. The molecular weight excluding hydrogens is 372 g/mol. The summed E-state index contributed by atoms with van der Waals surface area (Å²) in [6, 6.07) is 3.31. The molecule has 0 spiro atoms. The minimum Gasteiger partial charge on any atom is -0.459 e. The summed E-state index contributed by atoms with van der Waals surface area (Å²) in [7, 11) is 0. The Bertz CT molecular complexity index is 732. The smallest absolute Gasteiger partial charge is 0.309 e. The fourth-order valence-corrected chi connectivity index (χ4v) is 3.82. The third-order valence-corrected chi connectivity index (χ3v) is 5.64. The molecule has 7 nitrogen and oxygen atoms in total. The van der Waals surface area contributed by atoms with Crippen LogP contribution in [0.2, 0.25) is 0 Å². The van der Waals surface area contributed by atoms with Crippen LogP contribution in [-0.2, 0) is 14.3 Å². The van der Waals surface area contributed by atoms with Crippen LogP contribution in [0.15, 0.2) is 34.5 Å². The second-order valence-electron chi connectivity index (χ2n) is 7.77. The van der Waals surface area contributed by atoms with E-state index in [0.717, 1.165) is 19.3 Å². The molecule has 1 N–H and O–H groups in total. The Balaban J connectivity index is 1.36. The Kier molecular flexibility index (Phi) is 7.49. The van der Waals surface area contributed by atoms with Crippen LogP contribution in [0.3, 0.4) is 0 Å². The van der Waals surface area contributed by atoms with E-state index in [9.17, 15) is 14.4 Å². The van der Waals surface area contributed by atoms with Crippen molar-refractivity contribution in [2.24, 2.45) is 5.92 Å². The summed E-state index contributed by atoms with van der Waals surface area (Å²) in [6.45, 7) is 3.10. The highest BCUT2D eigenvalue weighted by Gasteiger charge is 2.31. The lowest BCUT2D eigenvalue weighted by Gasteiger charge is -2.30. The number of amides is 2. The maximum absolute atomic E-state index is 12.4. The molecule has 7 heteroatoms. The van der Waals surface area contributed by atoms with Gasteiger partial charge in [0.15, 0.2) is 11.9 Å². The lowest BCUT2D eigenvalue weighted by Crippen LogP contribution is -2.42. The molecule has 2 aliphatic rings. The van der Waals surface area contributed by atoms with Gasteiger partial charge in [-0.15, -0.1) is 0 Å². The molecule has 0 saturated carbocycles. The van der Waals surface area contributed by atoms with Gasteiger partial charge in [0.2, 0.25) is 0 Å². The van der Waals surface area contributed by atoms with Crippen molar-refractivity contribution in [3.05, 3.63) is 35.8 Å². The van der Waals surface area contributed by atoms with E-state index in [2.05, 4.69) is 11.4 Å². The summed E-state index contributed by atoms with van der Waals surface area (Å²) in [5.41, 5.74) is 1.40. The minimum absolute atomic E-state index is 0.164. The molecule has 29 heavy (non-hydrogen) atoms. The van der Waals surface area contributed by atoms with Crippen LogP contribution >= 0.6 is 0 Å². The van der Waals surface area contributed by atoms with Gasteiger partial charge in [-0.2, -0.15) is 0 Å². The fourth-order valence-electron chi connectivity index (χ4n) is 3.82. The van der Waals surface area contributed by atoms with Gasteiger partial charge >= 0.3 is 5.97 Å². The summed E-state index contributed by atoms with van der Waals surface area (Å²) >= 11 is 0. The third kappa shape index (κ3) is 5.95. The minimum atomic E-state index is -0.814. The van der Waals surface area contributed by atoms with Gasteiger partial charge in [-0.3, -0.25) is 14.4 Å². The molecule has 1 aromatic heterocycles. The molecule has 0 aromatic carbocycles. The predicted molar refractivity (Wildman–Crippen MR) is 107 cm³/mol. The van der Waals surface area contributed by atoms with Crippen LogP contribution in [0.25, 0.3) is 0 Å². The number of piperidine rings is 1. The van der Waals surface area contributed by atoms with E-state index in [-0.39, 0.29) is 23.7 Å². The highest BCUT2D eigenvalue weighted by atomic mass is 16.5. The monoisotopic (exact) mass is 402 g/mol. The zero-order chi connectivity index (χ0) is 20.6.